The van der Waals surface area contributed by atoms with Crippen LogP contribution >= 0.6 is 0 Å². The molecule has 2 heteroatoms. The molecule has 1 aliphatic rings. The van der Waals surface area contributed by atoms with Crippen LogP contribution in [0.1, 0.15) is 57.1 Å². The minimum absolute atomic E-state index is 0.288. The summed E-state index contributed by atoms with van der Waals surface area (Å²) in [6.45, 7) is 1.81. The van der Waals surface area contributed by atoms with Crippen molar-refractivity contribution in [3.05, 3.63) is 42.0 Å². The van der Waals surface area contributed by atoms with Crippen LogP contribution in [0.15, 0.2) is 36.4 Å². The van der Waals surface area contributed by atoms with Crippen molar-refractivity contribution in [3.8, 4) is 5.75 Å². The highest BCUT2D eigenvalue weighted by molar-refractivity contribution is 5.89. The van der Waals surface area contributed by atoms with E-state index in [0.29, 0.717) is 0 Å². The molecule has 0 radical (unpaired) electrons. The molecule has 1 fully saturated rings. The van der Waals surface area contributed by atoms with E-state index in [1.54, 1.807) is 0 Å². The molecule has 1 atom stereocenters. The van der Waals surface area contributed by atoms with E-state index in [2.05, 4.69) is 18.2 Å². The first-order chi connectivity index (χ1) is 10.3. The first-order valence-corrected chi connectivity index (χ1v) is 8.12. The summed E-state index contributed by atoms with van der Waals surface area (Å²) in [6, 6.07) is 12.3. The third-order valence-corrected chi connectivity index (χ3v) is 4.45. The molecule has 2 aromatic carbocycles. The number of rotatable bonds is 3. The maximum Gasteiger partial charge on any atom is 0.133 e. The van der Waals surface area contributed by atoms with E-state index in [4.69, 9.17) is 4.74 Å². The molecule has 1 saturated carbocycles. The van der Waals surface area contributed by atoms with Gasteiger partial charge in [-0.25, -0.2) is 0 Å². The molecule has 0 saturated heterocycles. The summed E-state index contributed by atoms with van der Waals surface area (Å²) in [5.41, 5.74) is 0.901. The summed E-state index contributed by atoms with van der Waals surface area (Å²) in [7, 11) is 0. The summed E-state index contributed by atoms with van der Waals surface area (Å²) in [5, 5.41) is 12.4. The smallest absolute Gasteiger partial charge is 0.133 e. The second kappa shape index (κ2) is 6.48. The second-order valence-corrected chi connectivity index (χ2v) is 6.11. The fraction of sp³-hybridized carbons (Fsp3) is 0.474. The van der Waals surface area contributed by atoms with Crippen molar-refractivity contribution in [1.82, 2.24) is 0 Å². The van der Waals surface area contributed by atoms with E-state index < -0.39 is 6.10 Å². The highest BCUT2D eigenvalue weighted by Crippen LogP contribution is 2.35. The van der Waals surface area contributed by atoms with E-state index in [1.807, 2.05) is 25.1 Å². The number of benzene rings is 2. The predicted molar refractivity (Wildman–Crippen MR) is 86.7 cm³/mol. The maximum atomic E-state index is 10.1. The van der Waals surface area contributed by atoms with E-state index in [1.165, 1.54) is 31.1 Å². The third-order valence-electron chi connectivity index (χ3n) is 4.45. The quantitative estimate of drug-likeness (QED) is 0.804. The molecule has 21 heavy (non-hydrogen) atoms. The molecule has 1 aliphatic carbocycles. The van der Waals surface area contributed by atoms with E-state index in [-0.39, 0.29) is 6.10 Å². The predicted octanol–water partition coefficient (Wildman–Crippen LogP) is 4.99. The van der Waals surface area contributed by atoms with Crippen molar-refractivity contribution in [2.45, 2.75) is 57.7 Å². The molecule has 1 N–H and O–H groups in total. The van der Waals surface area contributed by atoms with Crippen molar-refractivity contribution in [1.29, 1.82) is 0 Å². The zero-order valence-corrected chi connectivity index (χ0v) is 12.7. The van der Waals surface area contributed by atoms with Crippen LogP contribution in [0.3, 0.4) is 0 Å². The van der Waals surface area contributed by atoms with E-state index >= 15 is 0 Å². The minimum Gasteiger partial charge on any atom is -0.489 e. The summed E-state index contributed by atoms with van der Waals surface area (Å²) in [6.07, 6.45) is 7.17. The summed E-state index contributed by atoms with van der Waals surface area (Å²) < 4.78 is 6.38. The van der Waals surface area contributed by atoms with Gasteiger partial charge in [0, 0.05) is 10.9 Å². The zero-order valence-electron chi connectivity index (χ0n) is 12.7. The van der Waals surface area contributed by atoms with Crippen molar-refractivity contribution >= 4 is 10.8 Å². The largest absolute Gasteiger partial charge is 0.489 e. The Balaban J connectivity index is 1.99. The van der Waals surface area contributed by atoms with Crippen molar-refractivity contribution in [2.24, 2.45) is 0 Å². The highest BCUT2D eigenvalue weighted by Gasteiger charge is 2.19. The molecule has 3 rings (SSSR count). The van der Waals surface area contributed by atoms with Gasteiger partial charge in [0.1, 0.15) is 5.75 Å². The van der Waals surface area contributed by atoms with Gasteiger partial charge in [0.05, 0.1) is 12.2 Å². The van der Waals surface area contributed by atoms with Gasteiger partial charge in [0.2, 0.25) is 0 Å². The molecule has 0 aromatic heterocycles. The summed E-state index contributed by atoms with van der Waals surface area (Å²) in [4.78, 5) is 0. The number of fused-ring (bicyclic) bond motifs is 1. The Morgan fingerprint density at radius 1 is 1.00 bits per heavy atom. The first-order valence-electron chi connectivity index (χ1n) is 8.12. The van der Waals surface area contributed by atoms with Gasteiger partial charge in [0.25, 0.3) is 0 Å². The molecule has 1 unspecified atom stereocenters. The van der Waals surface area contributed by atoms with Gasteiger partial charge in [-0.15, -0.1) is 0 Å². The Morgan fingerprint density at radius 2 is 1.71 bits per heavy atom. The molecule has 2 aromatic rings. The monoisotopic (exact) mass is 284 g/mol. The van der Waals surface area contributed by atoms with Crippen molar-refractivity contribution in [2.75, 3.05) is 0 Å². The lowest BCUT2D eigenvalue weighted by Gasteiger charge is -2.22. The molecule has 0 spiro atoms. The summed E-state index contributed by atoms with van der Waals surface area (Å²) in [5.74, 6) is 0.884. The molecule has 0 bridgehead atoms. The maximum absolute atomic E-state index is 10.1. The van der Waals surface area contributed by atoms with Crippen molar-refractivity contribution < 1.29 is 9.84 Å². The van der Waals surface area contributed by atoms with Crippen LogP contribution in [0.2, 0.25) is 0 Å². The van der Waals surface area contributed by atoms with Crippen LogP contribution in [0, 0.1) is 0 Å². The third kappa shape index (κ3) is 3.21. The number of hydrogen-bond acceptors (Lipinski definition) is 2. The average molecular weight is 284 g/mol. The molecule has 0 aliphatic heterocycles. The molecule has 112 valence electrons. The number of aliphatic hydroxyl groups is 1. The van der Waals surface area contributed by atoms with Crippen molar-refractivity contribution in [3.63, 3.8) is 0 Å². The fourth-order valence-corrected chi connectivity index (χ4v) is 3.25. The van der Waals surface area contributed by atoms with Gasteiger partial charge < -0.3 is 9.84 Å². The lowest BCUT2D eigenvalue weighted by molar-refractivity contribution is 0.163. The van der Waals surface area contributed by atoms with Gasteiger partial charge >= 0.3 is 0 Å². The first kappa shape index (κ1) is 14.4. The van der Waals surface area contributed by atoms with Gasteiger partial charge in [-0.3, -0.25) is 0 Å². The molecular formula is C19H24O2. The Labute approximate surface area is 126 Å². The minimum atomic E-state index is -0.504. The Hall–Kier alpha value is -1.54. The number of aliphatic hydroxyl groups excluding tert-OH is 1. The SMILES string of the molecule is CC(O)c1ccc2ccccc2c1OC1CCCCCC1. The molecule has 0 heterocycles. The second-order valence-electron chi connectivity index (χ2n) is 6.11. The lowest BCUT2D eigenvalue weighted by Crippen LogP contribution is -2.16. The van der Waals surface area contributed by atoms with Gasteiger partial charge in [-0.2, -0.15) is 0 Å². The normalized spacial score (nSPS) is 18.4. The Bertz CT molecular complexity index is 596. The van der Waals surface area contributed by atoms with Crippen LogP contribution in [-0.4, -0.2) is 11.2 Å². The van der Waals surface area contributed by atoms with Crippen LogP contribution in [0.5, 0.6) is 5.75 Å². The van der Waals surface area contributed by atoms with Gasteiger partial charge in [-0.05, 0) is 38.0 Å². The van der Waals surface area contributed by atoms with E-state index in [9.17, 15) is 5.11 Å². The van der Waals surface area contributed by atoms with Crippen LogP contribution in [0.4, 0.5) is 0 Å². The average Bonchev–Trinajstić information content (AvgIpc) is 2.76. The van der Waals surface area contributed by atoms with Gasteiger partial charge in [-0.1, -0.05) is 49.2 Å². The van der Waals surface area contributed by atoms with E-state index in [0.717, 1.165) is 29.5 Å². The Morgan fingerprint density at radius 3 is 2.43 bits per heavy atom. The fourth-order valence-electron chi connectivity index (χ4n) is 3.25. The Kier molecular flexibility index (Phi) is 4.45. The zero-order chi connectivity index (χ0) is 14.7. The molecule has 0 amide bonds. The molecular weight excluding hydrogens is 260 g/mol. The lowest BCUT2D eigenvalue weighted by atomic mass is 10.0. The number of hydrogen-bond donors (Lipinski definition) is 1. The van der Waals surface area contributed by atoms with Crippen LogP contribution < -0.4 is 4.74 Å². The van der Waals surface area contributed by atoms with Gasteiger partial charge in [0.15, 0.2) is 0 Å². The number of ether oxygens (including phenoxy) is 1. The highest BCUT2D eigenvalue weighted by atomic mass is 16.5. The topological polar surface area (TPSA) is 29.5 Å². The van der Waals surface area contributed by atoms with Crippen LogP contribution in [0.25, 0.3) is 10.8 Å². The van der Waals surface area contributed by atoms with Crippen LogP contribution in [-0.2, 0) is 0 Å². The standard InChI is InChI=1S/C19H24O2/c1-14(20)17-13-12-15-8-6-7-11-18(15)19(17)21-16-9-4-2-3-5-10-16/h6-8,11-14,16,20H,2-5,9-10H2,1H3. The molecule has 2 nitrogen and oxygen atoms in total. The summed E-state index contributed by atoms with van der Waals surface area (Å²) >= 11 is 0.